The van der Waals surface area contributed by atoms with Crippen LogP contribution in [0.15, 0.2) is 54.6 Å². The van der Waals surface area contributed by atoms with E-state index < -0.39 is 0 Å². The van der Waals surface area contributed by atoms with Gasteiger partial charge in [-0.3, -0.25) is 0 Å². The first kappa shape index (κ1) is 12.7. The predicted molar refractivity (Wildman–Crippen MR) is 80.0 cm³/mol. The second-order valence-corrected chi connectivity index (χ2v) is 4.47. The van der Waals surface area contributed by atoms with E-state index in [0.29, 0.717) is 6.54 Å². The molecule has 2 N–H and O–H groups in total. The zero-order valence-corrected chi connectivity index (χ0v) is 10.9. The number of nitrogens with zero attached hydrogens (tertiary/aromatic N) is 1. The maximum Gasteiger partial charge on any atom is 0.0448 e. The van der Waals surface area contributed by atoms with Gasteiger partial charge in [0.25, 0.3) is 0 Å². The average Bonchev–Trinajstić information content (AvgIpc) is 2.44. The summed E-state index contributed by atoms with van der Waals surface area (Å²) in [6, 6.07) is 14.9. The van der Waals surface area contributed by atoms with E-state index in [4.69, 9.17) is 5.73 Å². The molecule has 0 aliphatic carbocycles. The number of benzene rings is 2. The topological polar surface area (TPSA) is 29.3 Å². The molecule has 0 bridgehead atoms. The molecule has 0 aliphatic heterocycles. The normalized spacial score (nSPS) is 10.6. The molecule has 0 fully saturated rings. The van der Waals surface area contributed by atoms with Gasteiger partial charge in [-0.05, 0) is 23.9 Å². The van der Waals surface area contributed by atoms with E-state index in [1.807, 2.05) is 0 Å². The maximum atomic E-state index is 5.64. The Morgan fingerprint density at radius 2 is 1.89 bits per heavy atom. The molecule has 2 nitrogen and oxygen atoms in total. The quantitative estimate of drug-likeness (QED) is 0.813. The Hall–Kier alpha value is -1.80. The van der Waals surface area contributed by atoms with Crippen molar-refractivity contribution in [2.24, 2.45) is 5.73 Å². The zero-order valence-electron chi connectivity index (χ0n) is 10.9. The predicted octanol–water partition coefficient (Wildman–Crippen LogP) is 3.18. The maximum absolute atomic E-state index is 5.64. The van der Waals surface area contributed by atoms with Crippen LogP contribution in [-0.4, -0.2) is 19.6 Å². The highest BCUT2D eigenvalue weighted by molar-refractivity contribution is 5.94. The Balaban J connectivity index is 2.41. The third kappa shape index (κ3) is 2.54. The van der Waals surface area contributed by atoms with Crippen LogP contribution >= 0.6 is 0 Å². The first-order valence-electron chi connectivity index (χ1n) is 6.35. The van der Waals surface area contributed by atoms with Gasteiger partial charge in [-0.15, -0.1) is 0 Å². The van der Waals surface area contributed by atoms with Crippen LogP contribution in [0.1, 0.15) is 6.92 Å². The highest BCUT2D eigenvalue weighted by Crippen LogP contribution is 2.26. The van der Waals surface area contributed by atoms with E-state index in [1.54, 1.807) is 0 Å². The molecule has 0 atom stereocenters. The molecule has 0 amide bonds. The lowest BCUT2D eigenvalue weighted by atomic mass is 10.1. The summed E-state index contributed by atoms with van der Waals surface area (Å²) in [5.41, 5.74) is 7.95. The number of rotatable bonds is 5. The van der Waals surface area contributed by atoms with Gasteiger partial charge in [-0.25, -0.2) is 0 Å². The van der Waals surface area contributed by atoms with Gasteiger partial charge in [0.1, 0.15) is 0 Å². The summed E-state index contributed by atoms with van der Waals surface area (Å²) in [4.78, 5) is 2.32. The molecule has 0 unspecified atom stereocenters. The molecular formula is C16H20N2. The van der Waals surface area contributed by atoms with E-state index >= 15 is 0 Å². The minimum Gasteiger partial charge on any atom is -0.367 e. The van der Waals surface area contributed by atoms with Gasteiger partial charge < -0.3 is 10.6 Å². The molecule has 94 valence electrons. The standard InChI is InChI=1S/C16H20N2/c1-3-18(12-13(2)11-17)16-10-6-8-14-7-4-5-9-15(14)16/h4-10H,2-3,11-12,17H2,1H3. The Morgan fingerprint density at radius 1 is 1.17 bits per heavy atom. The van der Waals surface area contributed by atoms with E-state index in [-0.39, 0.29) is 0 Å². The van der Waals surface area contributed by atoms with Crippen molar-refractivity contribution in [3.8, 4) is 0 Å². The Labute approximate surface area is 109 Å². The van der Waals surface area contributed by atoms with Gasteiger partial charge in [-0.2, -0.15) is 0 Å². The number of anilines is 1. The lowest BCUT2D eigenvalue weighted by Crippen LogP contribution is -2.27. The number of nitrogens with two attached hydrogens (primary N) is 1. The third-order valence-electron chi connectivity index (χ3n) is 3.19. The SMILES string of the molecule is C=C(CN)CN(CC)c1cccc2ccccc12. The summed E-state index contributed by atoms with van der Waals surface area (Å²) in [5.74, 6) is 0. The van der Waals surface area contributed by atoms with E-state index in [0.717, 1.165) is 18.7 Å². The molecule has 2 heteroatoms. The fourth-order valence-corrected chi connectivity index (χ4v) is 2.19. The average molecular weight is 240 g/mol. The zero-order chi connectivity index (χ0) is 13.0. The number of hydrogen-bond donors (Lipinski definition) is 1. The molecule has 2 rings (SSSR count). The van der Waals surface area contributed by atoms with Crippen molar-refractivity contribution in [2.45, 2.75) is 6.92 Å². The molecule has 0 saturated heterocycles. The van der Waals surface area contributed by atoms with Gasteiger partial charge in [0, 0.05) is 30.7 Å². The first-order valence-corrected chi connectivity index (χ1v) is 6.35. The smallest absolute Gasteiger partial charge is 0.0448 e. The minimum absolute atomic E-state index is 0.543. The molecule has 0 radical (unpaired) electrons. The summed E-state index contributed by atoms with van der Waals surface area (Å²) in [7, 11) is 0. The van der Waals surface area contributed by atoms with Gasteiger partial charge in [0.05, 0.1) is 0 Å². The fraction of sp³-hybridized carbons (Fsp3) is 0.250. The summed E-state index contributed by atoms with van der Waals surface area (Å²) < 4.78 is 0. The lowest BCUT2D eigenvalue weighted by molar-refractivity contribution is 0.868. The fourth-order valence-electron chi connectivity index (χ4n) is 2.19. The summed E-state index contributed by atoms with van der Waals surface area (Å²) in [5, 5.41) is 2.55. The molecule has 18 heavy (non-hydrogen) atoms. The molecule has 0 saturated carbocycles. The number of likely N-dealkylation sites (N-methyl/N-ethyl adjacent to an activating group) is 1. The number of hydrogen-bond acceptors (Lipinski definition) is 2. The van der Waals surface area contributed by atoms with Crippen LogP contribution in [0, 0.1) is 0 Å². The third-order valence-corrected chi connectivity index (χ3v) is 3.19. The van der Waals surface area contributed by atoms with E-state index in [9.17, 15) is 0 Å². The van der Waals surface area contributed by atoms with E-state index in [2.05, 4.69) is 60.9 Å². The van der Waals surface area contributed by atoms with Gasteiger partial charge in [0.2, 0.25) is 0 Å². The number of fused-ring (bicyclic) bond motifs is 1. The highest BCUT2D eigenvalue weighted by Gasteiger charge is 2.08. The van der Waals surface area contributed by atoms with Crippen LogP contribution in [0.4, 0.5) is 5.69 Å². The largest absolute Gasteiger partial charge is 0.367 e. The second-order valence-electron chi connectivity index (χ2n) is 4.47. The Bertz CT molecular complexity index is 540. The van der Waals surface area contributed by atoms with Crippen molar-refractivity contribution in [2.75, 3.05) is 24.5 Å². The van der Waals surface area contributed by atoms with Gasteiger partial charge in [-0.1, -0.05) is 43.0 Å². The van der Waals surface area contributed by atoms with Crippen molar-refractivity contribution < 1.29 is 0 Å². The second kappa shape index (κ2) is 5.69. The summed E-state index contributed by atoms with van der Waals surface area (Å²) in [6.07, 6.45) is 0. The van der Waals surface area contributed by atoms with Crippen LogP contribution in [0.3, 0.4) is 0 Å². The van der Waals surface area contributed by atoms with Crippen molar-refractivity contribution >= 4 is 16.5 Å². The Kier molecular flexibility index (Phi) is 4.00. The lowest BCUT2D eigenvalue weighted by Gasteiger charge is -2.25. The molecular weight excluding hydrogens is 220 g/mol. The van der Waals surface area contributed by atoms with Crippen molar-refractivity contribution in [1.29, 1.82) is 0 Å². The molecule has 0 heterocycles. The molecule has 0 aromatic heterocycles. The monoisotopic (exact) mass is 240 g/mol. The molecule has 0 spiro atoms. The molecule has 0 aliphatic rings. The van der Waals surface area contributed by atoms with Crippen molar-refractivity contribution in [3.05, 3.63) is 54.6 Å². The molecule has 2 aromatic carbocycles. The highest BCUT2D eigenvalue weighted by atomic mass is 15.1. The van der Waals surface area contributed by atoms with Crippen LogP contribution in [0.25, 0.3) is 10.8 Å². The van der Waals surface area contributed by atoms with Crippen LogP contribution < -0.4 is 10.6 Å². The molecule has 2 aromatic rings. The van der Waals surface area contributed by atoms with Crippen LogP contribution in [-0.2, 0) is 0 Å². The van der Waals surface area contributed by atoms with Crippen molar-refractivity contribution in [3.63, 3.8) is 0 Å². The van der Waals surface area contributed by atoms with Crippen LogP contribution in [0.5, 0.6) is 0 Å². The summed E-state index contributed by atoms with van der Waals surface area (Å²) in [6.45, 7) is 8.47. The Morgan fingerprint density at radius 3 is 2.61 bits per heavy atom. The van der Waals surface area contributed by atoms with Crippen LogP contribution in [0.2, 0.25) is 0 Å². The van der Waals surface area contributed by atoms with E-state index in [1.165, 1.54) is 16.5 Å². The van der Waals surface area contributed by atoms with Gasteiger partial charge >= 0.3 is 0 Å². The minimum atomic E-state index is 0.543. The van der Waals surface area contributed by atoms with Crippen molar-refractivity contribution in [1.82, 2.24) is 0 Å². The van der Waals surface area contributed by atoms with Gasteiger partial charge in [0.15, 0.2) is 0 Å². The first-order chi connectivity index (χ1) is 8.76. The summed E-state index contributed by atoms with van der Waals surface area (Å²) >= 11 is 0.